The zero-order valence-corrected chi connectivity index (χ0v) is 16.5. The van der Waals surface area contributed by atoms with Gasteiger partial charge in [0.25, 0.3) is 5.91 Å². The first-order valence-electron chi connectivity index (χ1n) is 7.87. The lowest BCUT2D eigenvalue weighted by Crippen LogP contribution is -2.29. The van der Waals surface area contributed by atoms with Crippen LogP contribution in [0.25, 0.3) is 0 Å². The van der Waals surface area contributed by atoms with Crippen molar-refractivity contribution in [2.75, 3.05) is 25.0 Å². The summed E-state index contributed by atoms with van der Waals surface area (Å²) in [5, 5.41) is 6.47. The van der Waals surface area contributed by atoms with Gasteiger partial charge in [0.05, 0.1) is 14.9 Å². The highest BCUT2D eigenvalue weighted by molar-refractivity contribution is 7.89. The summed E-state index contributed by atoms with van der Waals surface area (Å²) in [6.07, 6.45) is 2.89. The van der Waals surface area contributed by atoms with Crippen LogP contribution in [0.15, 0.2) is 54.1 Å². The highest BCUT2D eigenvalue weighted by atomic mass is 35.5. The summed E-state index contributed by atoms with van der Waals surface area (Å²) in [5.74, 6) is 0.0597. The Bertz CT molecular complexity index is 936. The molecule has 27 heavy (non-hydrogen) atoms. The second kappa shape index (κ2) is 9.70. The number of pyridine rings is 1. The summed E-state index contributed by atoms with van der Waals surface area (Å²) in [7, 11) is -3.70. The Hall–Kier alpha value is -2.13. The van der Waals surface area contributed by atoms with Crippen LogP contribution >= 0.6 is 23.2 Å². The number of anilines is 1. The molecule has 0 saturated carbocycles. The van der Waals surface area contributed by atoms with E-state index in [1.54, 1.807) is 6.07 Å². The first-order valence-corrected chi connectivity index (χ1v) is 10.1. The number of nitrogens with one attached hydrogen (secondary N) is 3. The number of carbonyl (C=O) groups excluding carboxylic acids is 1. The number of nitrogens with zero attached hydrogens (tertiary/aromatic N) is 1. The van der Waals surface area contributed by atoms with Gasteiger partial charge in [-0.2, -0.15) is 0 Å². The number of hydrogen-bond donors (Lipinski definition) is 3. The van der Waals surface area contributed by atoms with E-state index in [4.69, 9.17) is 23.2 Å². The quantitative estimate of drug-likeness (QED) is 0.421. The number of amides is 1. The fraction of sp³-hybridized carbons (Fsp3) is 0.176. The van der Waals surface area contributed by atoms with Crippen LogP contribution in [0, 0.1) is 0 Å². The van der Waals surface area contributed by atoms with E-state index < -0.39 is 15.9 Å². The molecule has 0 bridgehead atoms. The van der Waals surface area contributed by atoms with Crippen LogP contribution in [0.3, 0.4) is 0 Å². The Morgan fingerprint density at radius 3 is 2.70 bits per heavy atom. The molecule has 144 valence electrons. The molecule has 0 saturated heterocycles. The van der Waals surface area contributed by atoms with Crippen molar-refractivity contribution in [3.8, 4) is 0 Å². The molecule has 0 fully saturated rings. The number of halogens is 2. The van der Waals surface area contributed by atoms with Crippen LogP contribution in [-0.4, -0.2) is 38.9 Å². The van der Waals surface area contributed by atoms with Crippen molar-refractivity contribution in [3.05, 3.63) is 64.8 Å². The van der Waals surface area contributed by atoms with Crippen molar-refractivity contribution in [2.45, 2.75) is 4.90 Å². The minimum absolute atomic E-state index is 0.00673. The summed E-state index contributed by atoms with van der Waals surface area (Å²) in [6, 6.07) is 7.33. The molecule has 0 atom stereocenters. The zero-order valence-electron chi connectivity index (χ0n) is 14.2. The van der Waals surface area contributed by atoms with E-state index in [1.807, 2.05) is 0 Å². The average molecular weight is 429 g/mol. The van der Waals surface area contributed by atoms with Gasteiger partial charge in [-0.05, 0) is 24.3 Å². The molecular formula is C17H18Cl2N4O3S. The first-order chi connectivity index (χ1) is 12.8. The third kappa shape index (κ3) is 6.21. The maximum Gasteiger partial charge on any atom is 0.251 e. The Morgan fingerprint density at radius 1 is 1.22 bits per heavy atom. The number of benzene rings is 1. The molecule has 1 heterocycles. The average Bonchev–Trinajstić information content (AvgIpc) is 2.65. The molecule has 0 aliphatic rings. The molecule has 0 radical (unpaired) electrons. The molecule has 3 N–H and O–H groups in total. The van der Waals surface area contributed by atoms with E-state index in [0.29, 0.717) is 22.4 Å². The topological polar surface area (TPSA) is 100 Å². The van der Waals surface area contributed by atoms with Gasteiger partial charge in [-0.3, -0.25) is 4.79 Å². The van der Waals surface area contributed by atoms with Gasteiger partial charge < -0.3 is 10.6 Å². The second-order valence-electron chi connectivity index (χ2n) is 5.34. The van der Waals surface area contributed by atoms with Gasteiger partial charge in [-0.25, -0.2) is 18.1 Å². The fourth-order valence-corrected chi connectivity index (χ4v) is 3.55. The Morgan fingerprint density at radius 2 is 2.00 bits per heavy atom. The monoisotopic (exact) mass is 428 g/mol. The predicted octanol–water partition coefficient (Wildman–Crippen LogP) is 2.69. The molecule has 2 aromatic rings. The SMILES string of the molecule is C=CCNS(=O)(=O)c1cccc(C(=O)NCCNc2ncc(Cl)cc2Cl)c1. The van der Waals surface area contributed by atoms with Crippen molar-refractivity contribution in [1.82, 2.24) is 15.0 Å². The van der Waals surface area contributed by atoms with Crippen molar-refractivity contribution in [2.24, 2.45) is 0 Å². The first kappa shape index (κ1) is 21.2. The largest absolute Gasteiger partial charge is 0.367 e. The molecule has 0 aliphatic heterocycles. The fourth-order valence-electron chi connectivity index (χ4n) is 2.06. The summed E-state index contributed by atoms with van der Waals surface area (Å²) in [5.41, 5.74) is 0.235. The minimum Gasteiger partial charge on any atom is -0.367 e. The van der Waals surface area contributed by atoms with Gasteiger partial charge in [0.1, 0.15) is 5.82 Å². The van der Waals surface area contributed by atoms with Crippen LogP contribution < -0.4 is 15.4 Å². The van der Waals surface area contributed by atoms with E-state index in [2.05, 4.69) is 26.9 Å². The number of carbonyl (C=O) groups is 1. The lowest BCUT2D eigenvalue weighted by atomic mass is 10.2. The van der Waals surface area contributed by atoms with Gasteiger partial charge in [0, 0.05) is 31.4 Å². The van der Waals surface area contributed by atoms with Gasteiger partial charge >= 0.3 is 0 Å². The van der Waals surface area contributed by atoms with E-state index in [9.17, 15) is 13.2 Å². The predicted molar refractivity (Wildman–Crippen MR) is 107 cm³/mol. The maximum absolute atomic E-state index is 12.2. The lowest BCUT2D eigenvalue weighted by molar-refractivity contribution is 0.0955. The molecule has 0 spiro atoms. The number of sulfonamides is 1. The highest BCUT2D eigenvalue weighted by Crippen LogP contribution is 2.22. The molecule has 0 aliphatic carbocycles. The van der Waals surface area contributed by atoms with Gasteiger partial charge in [0.2, 0.25) is 10.0 Å². The molecular weight excluding hydrogens is 411 g/mol. The third-order valence-electron chi connectivity index (χ3n) is 3.34. The van der Waals surface area contributed by atoms with Crippen LogP contribution in [0.5, 0.6) is 0 Å². The summed E-state index contributed by atoms with van der Waals surface area (Å²) < 4.78 is 26.6. The minimum atomic E-state index is -3.70. The standard InChI is InChI=1S/C17H18Cl2N4O3S/c1-2-6-23-27(25,26)14-5-3-4-12(9-14)17(24)21-8-7-20-16-15(19)10-13(18)11-22-16/h2-5,9-11,23H,1,6-8H2,(H,20,22)(H,21,24). The van der Waals surface area contributed by atoms with E-state index in [1.165, 1.54) is 36.5 Å². The normalized spacial score (nSPS) is 11.0. The van der Waals surface area contributed by atoms with Crippen LogP contribution in [0.2, 0.25) is 10.0 Å². The van der Waals surface area contributed by atoms with Crippen molar-refractivity contribution in [3.63, 3.8) is 0 Å². The summed E-state index contributed by atoms with van der Waals surface area (Å²) in [6.45, 7) is 4.22. The Balaban J connectivity index is 1.92. The molecule has 2 rings (SSSR count). The third-order valence-corrected chi connectivity index (χ3v) is 5.25. The van der Waals surface area contributed by atoms with Gasteiger partial charge in [-0.15, -0.1) is 6.58 Å². The van der Waals surface area contributed by atoms with E-state index in [-0.39, 0.29) is 23.5 Å². The van der Waals surface area contributed by atoms with E-state index in [0.717, 1.165) is 0 Å². The van der Waals surface area contributed by atoms with Crippen LogP contribution in [0.4, 0.5) is 5.82 Å². The van der Waals surface area contributed by atoms with Gasteiger partial charge in [0.15, 0.2) is 0 Å². The molecule has 1 aromatic carbocycles. The lowest BCUT2D eigenvalue weighted by Gasteiger charge is -2.10. The van der Waals surface area contributed by atoms with Crippen molar-refractivity contribution >= 4 is 45.0 Å². The van der Waals surface area contributed by atoms with Crippen molar-refractivity contribution < 1.29 is 13.2 Å². The second-order valence-corrected chi connectivity index (χ2v) is 7.95. The Labute approximate surface area is 167 Å². The molecule has 1 amide bonds. The van der Waals surface area contributed by atoms with Gasteiger partial charge in [-0.1, -0.05) is 35.3 Å². The highest BCUT2D eigenvalue weighted by Gasteiger charge is 2.15. The summed E-state index contributed by atoms with van der Waals surface area (Å²) >= 11 is 11.8. The number of aromatic nitrogens is 1. The molecule has 0 unspecified atom stereocenters. The molecule has 7 nitrogen and oxygen atoms in total. The van der Waals surface area contributed by atoms with E-state index >= 15 is 0 Å². The molecule has 10 heteroatoms. The van der Waals surface area contributed by atoms with Crippen molar-refractivity contribution in [1.29, 1.82) is 0 Å². The van der Waals surface area contributed by atoms with Crippen LogP contribution in [0.1, 0.15) is 10.4 Å². The maximum atomic E-state index is 12.2. The smallest absolute Gasteiger partial charge is 0.251 e. The number of rotatable bonds is 9. The number of hydrogen-bond acceptors (Lipinski definition) is 5. The summed E-state index contributed by atoms with van der Waals surface area (Å²) in [4.78, 5) is 16.3. The van der Waals surface area contributed by atoms with Crippen LogP contribution in [-0.2, 0) is 10.0 Å². The Kier molecular flexibility index (Phi) is 7.61. The molecule has 1 aromatic heterocycles. The zero-order chi connectivity index (χ0) is 19.9.